The van der Waals surface area contributed by atoms with Crippen LogP contribution in [0.3, 0.4) is 0 Å². The number of nitriles is 1. The molecule has 0 bridgehead atoms. The van der Waals surface area contributed by atoms with Crippen LogP contribution >= 0.6 is 11.3 Å². The fourth-order valence-electron chi connectivity index (χ4n) is 1.68. The summed E-state index contributed by atoms with van der Waals surface area (Å²) in [5.74, 6) is 0.286. The van der Waals surface area contributed by atoms with E-state index in [1.165, 1.54) is 11.3 Å². The zero-order valence-electron chi connectivity index (χ0n) is 11.7. The van der Waals surface area contributed by atoms with Crippen molar-refractivity contribution in [3.63, 3.8) is 0 Å². The predicted molar refractivity (Wildman–Crippen MR) is 84.3 cm³/mol. The number of rotatable bonds is 4. The van der Waals surface area contributed by atoms with Crippen LogP contribution in [0.5, 0.6) is 5.75 Å². The van der Waals surface area contributed by atoms with Gasteiger partial charge >= 0.3 is 0 Å². The first-order chi connectivity index (χ1) is 10.1. The Morgan fingerprint density at radius 3 is 2.57 bits per heavy atom. The van der Waals surface area contributed by atoms with Crippen molar-refractivity contribution in [3.05, 3.63) is 51.7 Å². The lowest BCUT2D eigenvalue weighted by Gasteiger charge is -2.05. The van der Waals surface area contributed by atoms with Gasteiger partial charge in [-0.1, -0.05) is 0 Å². The summed E-state index contributed by atoms with van der Waals surface area (Å²) < 4.78 is 5.05. The lowest BCUT2D eigenvalue weighted by Crippen LogP contribution is -2.13. The molecule has 1 amide bonds. The number of nitrogens with zero attached hydrogens (tertiary/aromatic N) is 1. The third-order valence-electron chi connectivity index (χ3n) is 2.89. The third-order valence-corrected chi connectivity index (χ3v) is 3.86. The fraction of sp³-hybridized carbons (Fsp3) is 0.125. The number of thiophene rings is 1. The number of anilines is 1. The van der Waals surface area contributed by atoms with Crippen LogP contribution in [-0.2, 0) is 4.79 Å². The van der Waals surface area contributed by atoms with Crippen molar-refractivity contribution in [2.24, 2.45) is 0 Å². The van der Waals surface area contributed by atoms with Crippen molar-refractivity contribution < 1.29 is 9.53 Å². The van der Waals surface area contributed by atoms with Gasteiger partial charge in [-0.25, -0.2) is 0 Å². The number of hydrogen-bond acceptors (Lipinski definition) is 4. The van der Waals surface area contributed by atoms with E-state index in [1.807, 2.05) is 24.4 Å². The third kappa shape index (κ3) is 3.71. The molecule has 1 aromatic heterocycles. The highest BCUT2D eigenvalue weighted by Gasteiger charge is 2.10. The van der Waals surface area contributed by atoms with Gasteiger partial charge in [0.2, 0.25) is 0 Å². The molecule has 5 heteroatoms. The van der Waals surface area contributed by atoms with Crippen LogP contribution in [0.2, 0.25) is 0 Å². The molecule has 1 N–H and O–H groups in total. The van der Waals surface area contributed by atoms with E-state index in [0.717, 1.165) is 10.4 Å². The Hall–Kier alpha value is -2.58. The van der Waals surface area contributed by atoms with Crippen molar-refractivity contribution in [1.29, 1.82) is 5.26 Å². The Morgan fingerprint density at radius 2 is 2.05 bits per heavy atom. The molecule has 0 spiro atoms. The first-order valence-corrected chi connectivity index (χ1v) is 7.13. The van der Waals surface area contributed by atoms with Crippen molar-refractivity contribution in [2.75, 3.05) is 12.4 Å². The highest BCUT2D eigenvalue weighted by Crippen LogP contribution is 2.20. The Balaban J connectivity index is 2.15. The molecule has 0 aliphatic heterocycles. The highest BCUT2D eigenvalue weighted by atomic mass is 32.1. The van der Waals surface area contributed by atoms with E-state index >= 15 is 0 Å². The molecule has 0 atom stereocenters. The number of carbonyl (C=O) groups is 1. The fourth-order valence-corrected chi connectivity index (χ4v) is 2.54. The van der Waals surface area contributed by atoms with Crippen molar-refractivity contribution in [2.45, 2.75) is 6.92 Å². The number of ether oxygens (including phenoxy) is 1. The number of hydrogen-bond donors (Lipinski definition) is 1. The molecule has 2 rings (SSSR count). The van der Waals surface area contributed by atoms with E-state index in [2.05, 4.69) is 5.32 Å². The minimum absolute atomic E-state index is 0.0800. The van der Waals surface area contributed by atoms with E-state index < -0.39 is 5.91 Å². The van der Waals surface area contributed by atoms with Gasteiger partial charge in [-0.3, -0.25) is 4.79 Å². The van der Waals surface area contributed by atoms with Gasteiger partial charge in [-0.05, 0) is 54.3 Å². The number of benzene rings is 1. The van der Waals surface area contributed by atoms with E-state index in [9.17, 15) is 4.79 Å². The van der Waals surface area contributed by atoms with Crippen LogP contribution in [0.15, 0.2) is 41.3 Å². The quantitative estimate of drug-likeness (QED) is 0.693. The molecule has 21 heavy (non-hydrogen) atoms. The summed E-state index contributed by atoms with van der Waals surface area (Å²) >= 11 is 1.50. The second-order valence-electron chi connectivity index (χ2n) is 4.32. The Kier molecular flexibility index (Phi) is 4.75. The lowest BCUT2D eigenvalue weighted by molar-refractivity contribution is -0.112. The van der Waals surface area contributed by atoms with Gasteiger partial charge in [0.1, 0.15) is 17.4 Å². The molecule has 4 nitrogen and oxygen atoms in total. The molecule has 1 aromatic carbocycles. The molecule has 0 unspecified atom stereocenters. The smallest absolute Gasteiger partial charge is 0.266 e. The maximum absolute atomic E-state index is 12.1. The van der Waals surface area contributed by atoms with Gasteiger partial charge in [0.05, 0.1) is 7.11 Å². The van der Waals surface area contributed by atoms with E-state index in [-0.39, 0.29) is 5.57 Å². The van der Waals surface area contributed by atoms with Crippen LogP contribution in [-0.4, -0.2) is 13.0 Å². The zero-order valence-corrected chi connectivity index (χ0v) is 12.5. The second-order valence-corrected chi connectivity index (χ2v) is 5.27. The van der Waals surface area contributed by atoms with E-state index in [4.69, 9.17) is 10.00 Å². The molecule has 1 heterocycles. The molecule has 0 saturated heterocycles. The molecule has 0 radical (unpaired) electrons. The molecule has 0 fully saturated rings. The standard InChI is InChI=1S/C16H14N2O2S/c1-11-7-8-21-15(11)9-12(10-17)16(19)18-13-3-5-14(20-2)6-4-13/h3-9H,1-2H3,(H,18,19). The molecule has 0 saturated carbocycles. The Bertz CT molecular complexity index is 709. The summed E-state index contributed by atoms with van der Waals surface area (Å²) in [5, 5.41) is 13.8. The average molecular weight is 298 g/mol. The van der Waals surface area contributed by atoms with E-state index in [1.54, 1.807) is 37.5 Å². The topological polar surface area (TPSA) is 62.1 Å². The monoisotopic (exact) mass is 298 g/mol. The maximum Gasteiger partial charge on any atom is 0.266 e. The van der Waals surface area contributed by atoms with Gasteiger partial charge in [-0.15, -0.1) is 11.3 Å². The average Bonchev–Trinajstić information content (AvgIpc) is 2.90. The molecular formula is C16H14N2O2S. The molecule has 2 aromatic rings. The Labute approximate surface area is 127 Å². The Morgan fingerprint density at radius 1 is 1.33 bits per heavy atom. The van der Waals surface area contributed by atoms with Crippen LogP contribution in [0.4, 0.5) is 5.69 Å². The van der Waals surface area contributed by atoms with Gasteiger partial charge in [0.15, 0.2) is 0 Å². The number of amides is 1. The highest BCUT2D eigenvalue weighted by molar-refractivity contribution is 7.11. The lowest BCUT2D eigenvalue weighted by atomic mass is 10.2. The van der Waals surface area contributed by atoms with Crippen molar-refractivity contribution >= 4 is 29.0 Å². The van der Waals surface area contributed by atoms with Crippen LogP contribution in [0, 0.1) is 18.3 Å². The normalized spacial score (nSPS) is 10.8. The number of methoxy groups -OCH3 is 1. The predicted octanol–water partition coefficient (Wildman–Crippen LogP) is 3.61. The maximum atomic E-state index is 12.1. The summed E-state index contributed by atoms with van der Waals surface area (Å²) in [6, 6.07) is 10.8. The van der Waals surface area contributed by atoms with E-state index in [0.29, 0.717) is 11.4 Å². The summed E-state index contributed by atoms with van der Waals surface area (Å²) in [6.07, 6.45) is 1.61. The molecular weight excluding hydrogens is 284 g/mol. The van der Waals surface area contributed by atoms with Gasteiger partial charge in [0.25, 0.3) is 5.91 Å². The first-order valence-electron chi connectivity index (χ1n) is 6.25. The number of aryl methyl sites for hydroxylation is 1. The van der Waals surface area contributed by atoms with Crippen LogP contribution in [0.1, 0.15) is 10.4 Å². The summed E-state index contributed by atoms with van der Waals surface area (Å²) in [6.45, 7) is 1.94. The van der Waals surface area contributed by atoms with Gasteiger partial charge in [-0.2, -0.15) is 5.26 Å². The molecule has 0 aliphatic carbocycles. The molecule has 0 aliphatic rings. The van der Waals surface area contributed by atoms with Crippen LogP contribution < -0.4 is 10.1 Å². The largest absolute Gasteiger partial charge is 0.497 e. The minimum Gasteiger partial charge on any atom is -0.497 e. The first kappa shape index (κ1) is 14.8. The summed E-state index contributed by atoms with van der Waals surface area (Å²) in [7, 11) is 1.58. The van der Waals surface area contributed by atoms with Gasteiger partial charge in [0, 0.05) is 10.6 Å². The second kappa shape index (κ2) is 6.73. The van der Waals surface area contributed by atoms with Gasteiger partial charge < -0.3 is 10.1 Å². The van der Waals surface area contributed by atoms with Crippen molar-refractivity contribution in [1.82, 2.24) is 0 Å². The van der Waals surface area contributed by atoms with Crippen LogP contribution in [0.25, 0.3) is 6.08 Å². The minimum atomic E-state index is -0.421. The molecule has 106 valence electrons. The van der Waals surface area contributed by atoms with Crippen molar-refractivity contribution in [3.8, 4) is 11.8 Å². The zero-order chi connectivity index (χ0) is 15.2. The summed E-state index contributed by atoms with van der Waals surface area (Å²) in [5.41, 5.74) is 1.74. The summed E-state index contributed by atoms with van der Waals surface area (Å²) in [4.78, 5) is 13.0. The number of nitrogens with one attached hydrogen (secondary N) is 1. The number of carbonyl (C=O) groups excluding carboxylic acids is 1. The SMILES string of the molecule is COc1ccc(NC(=O)C(C#N)=Cc2sccc2C)cc1.